The standard InChI is InChI=1S/C10H15FO/c1-9(2)6-4-7(11)10(9,3)8(12)5-6/h6-7H,4-5H2,1-3H3. The number of ketones is 1. The maximum atomic E-state index is 13.5. The summed E-state index contributed by atoms with van der Waals surface area (Å²) in [6.45, 7) is 5.86. The van der Waals surface area contributed by atoms with E-state index in [0.717, 1.165) is 0 Å². The van der Waals surface area contributed by atoms with Gasteiger partial charge in [0.15, 0.2) is 0 Å². The third-order valence-corrected chi connectivity index (χ3v) is 4.49. The number of alkyl halides is 1. The number of carbonyl (C=O) groups is 1. The molecule has 2 fully saturated rings. The van der Waals surface area contributed by atoms with Crippen LogP contribution in [0.3, 0.4) is 0 Å². The molecule has 0 aromatic heterocycles. The van der Waals surface area contributed by atoms with Crippen LogP contribution in [0.5, 0.6) is 0 Å². The van der Waals surface area contributed by atoms with E-state index in [1.54, 1.807) is 6.92 Å². The van der Waals surface area contributed by atoms with Crippen LogP contribution in [0.4, 0.5) is 4.39 Å². The van der Waals surface area contributed by atoms with Crippen LogP contribution < -0.4 is 0 Å². The maximum Gasteiger partial charge on any atom is 0.142 e. The molecule has 2 saturated carbocycles. The Morgan fingerprint density at radius 2 is 2.00 bits per heavy atom. The lowest BCUT2D eigenvalue weighted by molar-refractivity contribution is -0.132. The Balaban J connectivity index is 2.51. The van der Waals surface area contributed by atoms with Crippen molar-refractivity contribution in [2.24, 2.45) is 16.7 Å². The summed E-state index contributed by atoms with van der Waals surface area (Å²) in [6.07, 6.45) is 0.290. The molecule has 0 radical (unpaired) electrons. The molecular weight excluding hydrogens is 155 g/mol. The second kappa shape index (κ2) is 1.91. The molecule has 2 rings (SSSR count). The second-order valence-corrected chi connectivity index (χ2v) is 4.95. The van der Waals surface area contributed by atoms with Crippen LogP contribution in [0.25, 0.3) is 0 Å². The molecule has 1 nitrogen and oxygen atoms in total. The van der Waals surface area contributed by atoms with Crippen molar-refractivity contribution < 1.29 is 9.18 Å². The van der Waals surface area contributed by atoms with Gasteiger partial charge in [-0.25, -0.2) is 4.39 Å². The van der Waals surface area contributed by atoms with Gasteiger partial charge in [0, 0.05) is 6.42 Å². The first kappa shape index (κ1) is 8.21. The lowest BCUT2D eigenvalue weighted by atomic mass is 9.70. The van der Waals surface area contributed by atoms with Crippen LogP contribution in [-0.2, 0) is 4.79 Å². The fourth-order valence-electron chi connectivity index (χ4n) is 2.92. The number of Topliss-reactive ketones (excluding diaryl/α,β-unsaturated/α-hetero) is 1. The monoisotopic (exact) mass is 170 g/mol. The Bertz CT molecular complexity index is 246. The van der Waals surface area contributed by atoms with Crippen LogP contribution in [0.1, 0.15) is 33.6 Å². The largest absolute Gasteiger partial charge is 0.299 e. The summed E-state index contributed by atoms with van der Waals surface area (Å²) < 4.78 is 13.5. The first-order valence-electron chi connectivity index (χ1n) is 4.58. The highest BCUT2D eigenvalue weighted by Crippen LogP contribution is 2.64. The average molecular weight is 170 g/mol. The third kappa shape index (κ3) is 0.593. The van der Waals surface area contributed by atoms with Crippen molar-refractivity contribution in [1.82, 2.24) is 0 Å². The van der Waals surface area contributed by atoms with E-state index in [1.165, 1.54) is 0 Å². The smallest absolute Gasteiger partial charge is 0.142 e. The van der Waals surface area contributed by atoms with Crippen LogP contribution >= 0.6 is 0 Å². The molecule has 3 unspecified atom stereocenters. The lowest BCUT2D eigenvalue weighted by Gasteiger charge is -2.33. The minimum Gasteiger partial charge on any atom is -0.299 e. The molecule has 0 N–H and O–H groups in total. The summed E-state index contributed by atoms with van der Waals surface area (Å²) in [7, 11) is 0. The summed E-state index contributed by atoms with van der Waals surface area (Å²) in [6, 6.07) is 0. The normalized spacial score (nSPS) is 50.2. The van der Waals surface area contributed by atoms with Crippen molar-refractivity contribution in [1.29, 1.82) is 0 Å². The number of halogens is 1. The Kier molecular flexibility index (Phi) is 1.31. The van der Waals surface area contributed by atoms with Crippen molar-refractivity contribution in [2.75, 3.05) is 0 Å². The van der Waals surface area contributed by atoms with Gasteiger partial charge in [-0.15, -0.1) is 0 Å². The summed E-state index contributed by atoms with van der Waals surface area (Å²) in [4.78, 5) is 11.5. The van der Waals surface area contributed by atoms with E-state index in [0.29, 0.717) is 12.8 Å². The van der Waals surface area contributed by atoms with Crippen LogP contribution in [-0.4, -0.2) is 12.0 Å². The predicted molar refractivity (Wildman–Crippen MR) is 44.5 cm³/mol. The average Bonchev–Trinajstić information content (AvgIpc) is 2.20. The van der Waals surface area contributed by atoms with Gasteiger partial charge in [0.1, 0.15) is 12.0 Å². The van der Waals surface area contributed by atoms with Gasteiger partial charge in [0.05, 0.1) is 5.41 Å². The second-order valence-electron chi connectivity index (χ2n) is 4.95. The molecule has 0 saturated heterocycles. The molecule has 0 aromatic carbocycles. The van der Waals surface area contributed by atoms with E-state index < -0.39 is 11.6 Å². The van der Waals surface area contributed by atoms with Crippen molar-refractivity contribution >= 4 is 5.78 Å². The fourth-order valence-corrected chi connectivity index (χ4v) is 2.92. The maximum absolute atomic E-state index is 13.5. The topological polar surface area (TPSA) is 17.1 Å². The summed E-state index contributed by atoms with van der Waals surface area (Å²) >= 11 is 0. The molecule has 2 bridgehead atoms. The molecule has 2 aliphatic rings. The highest BCUT2D eigenvalue weighted by molar-refractivity contribution is 5.90. The summed E-state index contributed by atoms with van der Waals surface area (Å²) in [5.41, 5.74) is -0.804. The van der Waals surface area contributed by atoms with Crippen molar-refractivity contribution in [3.63, 3.8) is 0 Å². The number of fused-ring (bicyclic) bond motifs is 2. The van der Waals surface area contributed by atoms with E-state index >= 15 is 0 Å². The SMILES string of the molecule is CC1(C)C2CC(=O)C1(C)C(F)C2. The predicted octanol–water partition coefficient (Wildman–Crippen LogP) is 2.35. The van der Waals surface area contributed by atoms with E-state index in [4.69, 9.17) is 0 Å². The fraction of sp³-hybridized carbons (Fsp3) is 0.900. The Labute approximate surface area is 72.3 Å². The number of hydrogen-bond acceptors (Lipinski definition) is 1. The number of carbonyl (C=O) groups excluding carboxylic acids is 1. The first-order valence-corrected chi connectivity index (χ1v) is 4.58. The number of rotatable bonds is 0. The van der Waals surface area contributed by atoms with E-state index in [1.807, 2.05) is 13.8 Å². The molecule has 0 heterocycles. The summed E-state index contributed by atoms with van der Waals surface area (Å²) in [5.74, 6) is 0.418. The van der Waals surface area contributed by atoms with Crippen LogP contribution in [0.15, 0.2) is 0 Å². The van der Waals surface area contributed by atoms with Gasteiger partial charge in [0.2, 0.25) is 0 Å². The molecule has 0 amide bonds. The molecule has 0 aliphatic heterocycles. The quantitative estimate of drug-likeness (QED) is 0.545. The van der Waals surface area contributed by atoms with Crippen LogP contribution in [0, 0.1) is 16.7 Å². The zero-order valence-corrected chi connectivity index (χ0v) is 7.86. The molecule has 3 atom stereocenters. The van der Waals surface area contributed by atoms with E-state index in [2.05, 4.69) is 0 Å². The zero-order valence-electron chi connectivity index (χ0n) is 7.86. The van der Waals surface area contributed by atoms with Gasteiger partial charge in [0.25, 0.3) is 0 Å². The minimum atomic E-state index is -0.904. The van der Waals surface area contributed by atoms with Gasteiger partial charge in [-0.3, -0.25) is 4.79 Å². The van der Waals surface area contributed by atoms with Crippen molar-refractivity contribution in [2.45, 2.75) is 39.8 Å². The van der Waals surface area contributed by atoms with Gasteiger partial charge < -0.3 is 0 Å². The lowest BCUT2D eigenvalue weighted by Crippen LogP contribution is -2.39. The molecule has 0 aromatic rings. The highest BCUT2D eigenvalue weighted by Gasteiger charge is 2.66. The Hall–Kier alpha value is -0.400. The van der Waals surface area contributed by atoms with E-state index in [-0.39, 0.29) is 17.1 Å². The Morgan fingerprint density at radius 1 is 1.42 bits per heavy atom. The Morgan fingerprint density at radius 3 is 2.25 bits per heavy atom. The molecule has 12 heavy (non-hydrogen) atoms. The minimum absolute atomic E-state index is 0.122. The van der Waals surface area contributed by atoms with Gasteiger partial charge in [-0.2, -0.15) is 0 Å². The van der Waals surface area contributed by atoms with Crippen molar-refractivity contribution in [3.05, 3.63) is 0 Å². The molecule has 0 spiro atoms. The first-order chi connectivity index (χ1) is 5.40. The van der Waals surface area contributed by atoms with Gasteiger partial charge >= 0.3 is 0 Å². The van der Waals surface area contributed by atoms with Crippen LogP contribution in [0.2, 0.25) is 0 Å². The van der Waals surface area contributed by atoms with E-state index in [9.17, 15) is 9.18 Å². The molecule has 68 valence electrons. The summed E-state index contributed by atoms with van der Waals surface area (Å²) in [5, 5.41) is 0. The van der Waals surface area contributed by atoms with Gasteiger partial charge in [-0.1, -0.05) is 13.8 Å². The highest BCUT2D eigenvalue weighted by atomic mass is 19.1. The molecular formula is C10H15FO. The molecule has 2 aliphatic carbocycles. The molecule has 2 heteroatoms. The number of hydrogen-bond donors (Lipinski definition) is 0. The zero-order chi connectivity index (χ0) is 9.15. The van der Waals surface area contributed by atoms with Gasteiger partial charge in [-0.05, 0) is 24.7 Å². The van der Waals surface area contributed by atoms with Crippen molar-refractivity contribution in [3.8, 4) is 0 Å². The third-order valence-electron chi connectivity index (χ3n) is 4.49.